The lowest BCUT2D eigenvalue weighted by atomic mass is 10.1. The topological polar surface area (TPSA) is 89.1 Å². The molecule has 0 radical (unpaired) electrons. The Bertz CT molecular complexity index is 1190. The predicted octanol–water partition coefficient (Wildman–Crippen LogP) is 4.83. The lowest BCUT2D eigenvalue weighted by Gasteiger charge is -2.10. The lowest BCUT2D eigenvalue weighted by Crippen LogP contribution is -2.17. The van der Waals surface area contributed by atoms with Crippen molar-refractivity contribution in [3.05, 3.63) is 72.7 Å². The van der Waals surface area contributed by atoms with Crippen molar-refractivity contribution in [2.24, 2.45) is 0 Å². The molecule has 2 N–H and O–H groups in total. The Morgan fingerprint density at radius 1 is 0.968 bits per heavy atom. The minimum atomic E-state index is -4.75. The zero-order valence-electron chi connectivity index (χ0n) is 15.8. The summed E-state index contributed by atoms with van der Waals surface area (Å²) < 4.78 is 46.2. The number of carbonyl (C=O) groups is 1. The summed E-state index contributed by atoms with van der Waals surface area (Å²) in [6.07, 6.45) is -1.63. The molecule has 0 bridgehead atoms. The van der Waals surface area contributed by atoms with E-state index >= 15 is 0 Å². The minimum Gasteiger partial charge on any atom is -0.438 e. The Balaban J connectivity index is 1.34. The van der Waals surface area contributed by atoms with Crippen LogP contribution in [0.15, 0.2) is 67.1 Å². The Kier molecular flexibility index (Phi) is 5.44. The van der Waals surface area contributed by atoms with E-state index in [1.807, 2.05) is 0 Å². The molecule has 0 atom stereocenters. The van der Waals surface area contributed by atoms with Gasteiger partial charge in [-0.05, 0) is 48.0 Å². The summed E-state index contributed by atoms with van der Waals surface area (Å²) in [4.78, 5) is 23.4. The molecule has 10 heteroatoms. The zero-order valence-corrected chi connectivity index (χ0v) is 15.8. The Morgan fingerprint density at radius 2 is 1.68 bits per heavy atom. The van der Waals surface area contributed by atoms with Gasteiger partial charge in [-0.1, -0.05) is 12.1 Å². The fraction of sp³-hybridized carbons (Fsp3) is 0.0952. The molecule has 2 aromatic heterocycles. The van der Waals surface area contributed by atoms with E-state index in [-0.39, 0.29) is 18.1 Å². The standard InChI is InChI=1S/C21H15F3N4O3/c22-21(23,24)31-16-5-1-13(2-6-16)11-18(29)28-14-3-7-15(8-4-14)30-20-17-9-10-25-19(17)26-12-27-20/h1-10,12H,11H2,(H,28,29)(H,25,26,27). The van der Waals surface area contributed by atoms with E-state index in [4.69, 9.17) is 4.74 Å². The number of anilines is 1. The van der Waals surface area contributed by atoms with E-state index in [1.165, 1.54) is 18.5 Å². The van der Waals surface area contributed by atoms with Crippen LogP contribution in [0.5, 0.6) is 17.4 Å². The van der Waals surface area contributed by atoms with Gasteiger partial charge in [-0.15, -0.1) is 13.2 Å². The summed E-state index contributed by atoms with van der Waals surface area (Å²) in [6.45, 7) is 0. The average molecular weight is 428 g/mol. The van der Waals surface area contributed by atoms with Gasteiger partial charge in [0.25, 0.3) is 0 Å². The maximum atomic E-state index is 12.2. The molecule has 0 fully saturated rings. The molecule has 2 heterocycles. The highest BCUT2D eigenvalue weighted by atomic mass is 19.4. The number of ether oxygens (including phenoxy) is 2. The molecular formula is C21H15F3N4O3. The quantitative estimate of drug-likeness (QED) is 0.459. The number of benzene rings is 2. The normalized spacial score (nSPS) is 11.3. The minimum absolute atomic E-state index is 0.00302. The first-order chi connectivity index (χ1) is 14.9. The van der Waals surface area contributed by atoms with E-state index in [0.717, 1.165) is 17.5 Å². The Hall–Kier alpha value is -4.08. The predicted molar refractivity (Wildman–Crippen MR) is 106 cm³/mol. The van der Waals surface area contributed by atoms with Gasteiger partial charge in [0.05, 0.1) is 11.8 Å². The number of rotatable bonds is 6. The van der Waals surface area contributed by atoms with E-state index in [1.54, 1.807) is 36.5 Å². The van der Waals surface area contributed by atoms with Gasteiger partial charge in [0.15, 0.2) is 0 Å². The van der Waals surface area contributed by atoms with Crippen LogP contribution in [-0.2, 0) is 11.2 Å². The molecule has 31 heavy (non-hydrogen) atoms. The van der Waals surface area contributed by atoms with Crippen LogP contribution < -0.4 is 14.8 Å². The van der Waals surface area contributed by atoms with Gasteiger partial charge in [0.2, 0.25) is 11.8 Å². The number of halogens is 3. The highest BCUT2D eigenvalue weighted by Gasteiger charge is 2.30. The van der Waals surface area contributed by atoms with Gasteiger partial charge >= 0.3 is 6.36 Å². The van der Waals surface area contributed by atoms with Crippen LogP contribution in [0.1, 0.15) is 5.56 Å². The molecule has 4 aromatic rings. The molecule has 0 spiro atoms. The monoisotopic (exact) mass is 428 g/mol. The van der Waals surface area contributed by atoms with Crippen LogP contribution in [0.25, 0.3) is 11.0 Å². The third-order valence-electron chi connectivity index (χ3n) is 4.19. The highest BCUT2D eigenvalue weighted by molar-refractivity contribution is 5.92. The highest BCUT2D eigenvalue weighted by Crippen LogP contribution is 2.27. The number of fused-ring (bicyclic) bond motifs is 1. The van der Waals surface area contributed by atoms with Crippen LogP contribution >= 0.6 is 0 Å². The molecule has 0 unspecified atom stereocenters. The fourth-order valence-corrected chi connectivity index (χ4v) is 2.85. The van der Waals surface area contributed by atoms with Crippen molar-refractivity contribution < 1.29 is 27.4 Å². The maximum absolute atomic E-state index is 12.2. The number of amides is 1. The smallest absolute Gasteiger partial charge is 0.438 e. The van der Waals surface area contributed by atoms with Crippen LogP contribution in [0.4, 0.5) is 18.9 Å². The van der Waals surface area contributed by atoms with Crippen LogP contribution in [-0.4, -0.2) is 27.2 Å². The van der Waals surface area contributed by atoms with Gasteiger partial charge in [0.1, 0.15) is 23.5 Å². The molecule has 0 saturated heterocycles. The SMILES string of the molecule is O=C(Cc1ccc(OC(F)(F)F)cc1)Nc1ccc(Oc2ncnc3[nH]ccc23)cc1. The Morgan fingerprint density at radius 3 is 2.39 bits per heavy atom. The first-order valence-corrected chi connectivity index (χ1v) is 9.06. The summed E-state index contributed by atoms with van der Waals surface area (Å²) in [5.74, 6) is 0.274. The van der Waals surface area contributed by atoms with Crippen molar-refractivity contribution in [2.45, 2.75) is 12.8 Å². The third-order valence-corrected chi connectivity index (χ3v) is 4.19. The van der Waals surface area contributed by atoms with Crippen molar-refractivity contribution in [2.75, 3.05) is 5.32 Å². The number of carbonyl (C=O) groups excluding carboxylic acids is 1. The Labute approximate surface area is 173 Å². The fourth-order valence-electron chi connectivity index (χ4n) is 2.85. The van der Waals surface area contributed by atoms with Gasteiger partial charge in [0, 0.05) is 11.9 Å². The maximum Gasteiger partial charge on any atom is 0.573 e. The van der Waals surface area contributed by atoms with E-state index in [9.17, 15) is 18.0 Å². The van der Waals surface area contributed by atoms with Crippen molar-refractivity contribution >= 4 is 22.6 Å². The second-order valence-electron chi connectivity index (χ2n) is 6.46. The summed E-state index contributed by atoms with van der Waals surface area (Å²) in [5.41, 5.74) is 1.75. The summed E-state index contributed by atoms with van der Waals surface area (Å²) in [5, 5.41) is 3.47. The number of nitrogens with one attached hydrogen (secondary N) is 2. The number of aromatic nitrogens is 3. The molecular weight excluding hydrogens is 413 g/mol. The first kappa shape index (κ1) is 20.2. The van der Waals surface area contributed by atoms with Crippen molar-refractivity contribution in [3.8, 4) is 17.4 Å². The van der Waals surface area contributed by atoms with Crippen LogP contribution in [0, 0.1) is 0 Å². The lowest BCUT2D eigenvalue weighted by molar-refractivity contribution is -0.274. The second-order valence-corrected chi connectivity index (χ2v) is 6.46. The van der Waals surface area contributed by atoms with E-state index < -0.39 is 6.36 Å². The molecule has 7 nitrogen and oxygen atoms in total. The third kappa shape index (κ3) is 5.30. The van der Waals surface area contributed by atoms with Crippen LogP contribution in [0.3, 0.4) is 0 Å². The summed E-state index contributed by atoms with van der Waals surface area (Å²) in [7, 11) is 0. The molecule has 0 aliphatic rings. The molecule has 4 rings (SSSR count). The van der Waals surface area contributed by atoms with Crippen molar-refractivity contribution in [3.63, 3.8) is 0 Å². The zero-order chi connectivity index (χ0) is 21.8. The number of H-pyrrole nitrogens is 1. The molecule has 0 saturated carbocycles. The second kappa shape index (κ2) is 8.34. The van der Waals surface area contributed by atoms with Gasteiger partial charge in [-0.3, -0.25) is 4.79 Å². The molecule has 2 aromatic carbocycles. The largest absolute Gasteiger partial charge is 0.573 e. The number of alkyl halides is 3. The van der Waals surface area contributed by atoms with Gasteiger partial charge in [-0.2, -0.15) is 0 Å². The van der Waals surface area contributed by atoms with Crippen molar-refractivity contribution in [1.29, 1.82) is 0 Å². The molecule has 158 valence electrons. The summed E-state index contributed by atoms with van der Waals surface area (Å²) >= 11 is 0. The van der Waals surface area contributed by atoms with E-state index in [0.29, 0.717) is 28.5 Å². The number of hydrogen-bond acceptors (Lipinski definition) is 5. The van der Waals surface area contributed by atoms with Crippen molar-refractivity contribution in [1.82, 2.24) is 15.0 Å². The number of aromatic amines is 1. The van der Waals surface area contributed by atoms with Gasteiger partial charge < -0.3 is 19.8 Å². The van der Waals surface area contributed by atoms with Gasteiger partial charge in [-0.25, -0.2) is 9.97 Å². The number of hydrogen-bond donors (Lipinski definition) is 2. The molecule has 0 aliphatic carbocycles. The van der Waals surface area contributed by atoms with E-state index in [2.05, 4.69) is 25.0 Å². The first-order valence-electron chi connectivity index (χ1n) is 9.06. The number of nitrogens with zero attached hydrogens (tertiary/aromatic N) is 2. The molecule has 1 amide bonds. The average Bonchev–Trinajstić information content (AvgIpc) is 3.20. The molecule has 0 aliphatic heterocycles. The van der Waals surface area contributed by atoms with Crippen LogP contribution in [0.2, 0.25) is 0 Å². The summed E-state index contributed by atoms with van der Waals surface area (Å²) in [6, 6.07) is 13.6.